The lowest BCUT2D eigenvalue weighted by molar-refractivity contribution is -0.113. The van der Waals surface area contributed by atoms with Gasteiger partial charge in [-0.2, -0.15) is 0 Å². The first-order chi connectivity index (χ1) is 10.1. The highest BCUT2D eigenvalue weighted by molar-refractivity contribution is 6.08. The third-order valence-corrected chi connectivity index (χ3v) is 4.38. The van der Waals surface area contributed by atoms with Crippen LogP contribution in [0.4, 0.5) is 0 Å². The predicted octanol–water partition coefficient (Wildman–Crippen LogP) is 4.41. The summed E-state index contributed by atoms with van der Waals surface area (Å²) in [6.45, 7) is 6.94. The van der Waals surface area contributed by atoms with Crippen LogP contribution in [0.25, 0.3) is 0 Å². The number of hydrogen-bond acceptors (Lipinski definition) is 3. The molecule has 0 saturated heterocycles. The normalized spacial score (nSPS) is 20.1. The minimum absolute atomic E-state index is 0.0190. The first-order valence-electron chi connectivity index (χ1n) is 8.63. The molecule has 1 aliphatic rings. The Labute approximate surface area is 130 Å². The summed E-state index contributed by atoms with van der Waals surface area (Å²) < 4.78 is 0. The number of Topliss-reactive ketones (excluding diaryl/α,β-unsaturated/α-hetero) is 1. The van der Waals surface area contributed by atoms with E-state index in [9.17, 15) is 4.79 Å². The van der Waals surface area contributed by atoms with Gasteiger partial charge in [-0.05, 0) is 43.6 Å². The van der Waals surface area contributed by atoms with Crippen molar-refractivity contribution in [1.82, 2.24) is 0 Å². The molecule has 0 bridgehead atoms. The molecule has 3 heteroatoms. The highest BCUT2D eigenvalue weighted by Gasteiger charge is 2.18. The molecule has 2 N–H and O–H groups in total. The molecule has 0 unspecified atom stereocenters. The van der Waals surface area contributed by atoms with Gasteiger partial charge in [-0.25, -0.2) is 0 Å². The van der Waals surface area contributed by atoms with Crippen LogP contribution in [0.3, 0.4) is 0 Å². The van der Waals surface area contributed by atoms with Crippen LogP contribution in [0.15, 0.2) is 16.3 Å². The maximum Gasteiger partial charge on any atom is 0.175 e. The fourth-order valence-corrected chi connectivity index (χ4v) is 3.20. The summed E-state index contributed by atoms with van der Waals surface area (Å²) in [5, 5.41) is 0. The fourth-order valence-electron chi connectivity index (χ4n) is 3.20. The van der Waals surface area contributed by atoms with Gasteiger partial charge in [-0.15, -0.1) is 0 Å². The number of rotatable bonds is 8. The lowest BCUT2D eigenvalue weighted by Crippen LogP contribution is -2.20. The molecule has 1 aliphatic carbocycles. The van der Waals surface area contributed by atoms with E-state index >= 15 is 0 Å². The van der Waals surface area contributed by atoms with Crippen molar-refractivity contribution in [2.24, 2.45) is 16.6 Å². The van der Waals surface area contributed by atoms with Crippen LogP contribution in [0.1, 0.15) is 78.6 Å². The lowest BCUT2D eigenvalue weighted by Gasteiger charge is -2.19. The lowest BCUT2D eigenvalue weighted by atomic mass is 9.90. The van der Waals surface area contributed by atoms with E-state index in [-0.39, 0.29) is 5.78 Å². The number of allylic oxidation sites excluding steroid dienone is 2. The molecule has 0 aromatic rings. The van der Waals surface area contributed by atoms with Gasteiger partial charge in [0.2, 0.25) is 0 Å². The van der Waals surface area contributed by atoms with Crippen molar-refractivity contribution in [3.8, 4) is 0 Å². The minimum Gasteiger partial charge on any atom is -0.396 e. The summed E-state index contributed by atoms with van der Waals surface area (Å²) in [7, 11) is 0. The maximum absolute atomic E-state index is 11.5. The molecular formula is C18H32N2O. The topological polar surface area (TPSA) is 55.4 Å². The summed E-state index contributed by atoms with van der Waals surface area (Å²) in [4.78, 5) is 16.3. The molecule has 1 rings (SSSR count). The van der Waals surface area contributed by atoms with Crippen LogP contribution < -0.4 is 5.73 Å². The van der Waals surface area contributed by atoms with E-state index in [0.717, 1.165) is 43.0 Å². The van der Waals surface area contributed by atoms with Crippen LogP contribution in [-0.4, -0.2) is 18.0 Å². The number of nitrogens with two attached hydrogens (primary N) is 1. The van der Waals surface area contributed by atoms with Gasteiger partial charge >= 0.3 is 0 Å². The Bertz CT molecular complexity index is 390. The molecule has 0 atom stereocenters. The molecule has 0 aliphatic heterocycles. The van der Waals surface area contributed by atoms with Crippen molar-refractivity contribution in [3.05, 3.63) is 11.3 Å². The third kappa shape index (κ3) is 6.03. The van der Waals surface area contributed by atoms with Crippen LogP contribution in [0.2, 0.25) is 0 Å². The van der Waals surface area contributed by atoms with Gasteiger partial charge < -0.3 is 5.73 Å². The van der Waals surface area contributed by atoms with Gasteiger partial charge in [0.15, 0.2) is 5.78 Å². The Kier molecular flexibility index (Phi) is 8.33. The van der Waals surface area contributed by atoms with E-state index in [2.05, 4.69) is 13.8 Å². The smallest absolute Gasteiger partial charge is 0.175 e. The van der Waals surface area contributed by atoms with E-state index < -0.39 is 0 Å². The average Bonchev–Trinajstić information content (AvgIpc) is 2.47. The highest BCUT2D eigenvalue weighted by atomic mass is 16.1. The minimum atomic E-state index is -0.0190. The van der Waals surface area contributed by atoms with Crippen molar-refractivity contribution in [2.75, 3.05) is 6.54 Å². The first-order valence-corrected chi connectivity index (χ1v) is 8.63. The van der Waals surface area contributed by atoms with Crippen molar-refractivity contribution in [3.63, 3.8) is 0 Å². The van der Waals surface area contributed by atoms with Gasteiger partial charge in [0, 0.05) is 19.2 Å². The molecule has 1 saturated carbocycles. The van der Waals surface area contributed by atoms with Crippen molar-refractivity contribution >= 4 is 11.5 Å². The second-order valence-corrected chi connectivity index (χ2v) is 6.22. The quantitative estimate of drug-likeness (QED) is 0.674. The van der Waals surface area contributed by atoms with Crippen molar-refractivity contribution in [1.29, 1.82) is 0 Å². The molecule has 0 spiro atoms. The molecule has 1 fully saturated rings. The standard InChI is InChI=1S/C18H32N2O/c1-4-8-15(9-5-2)12-13-20-17-11-7-6-10-16(17)18(19)14(3)21/h15H,4-13,19H2,1-3H3/b18-16-,20-17?. The molecule has 21 heavy (non-hydrogen) atoms. The Morgan fingerprint density at radius 2 is 1.76 bits per heavy atom. The number of carbonyl (C=O) groups excluding carboxylic acids is 1. The van der Waals surface area contributed by atoms with Crippen LogP contribution in [0, 0.1) is 5.92 Å². The van der Waals surface area contributed by atoms with Gasteiger partial charge in [-0.3, -0.25) is 9.79 Å². The average molecular weight is 292 g/mol. The van der Waals surface area contributed by atoms with E-state index in [1.54, 1.807) is 6.92 Å². The zero-order valence-electron chi connectivity index (χ0n) is 14.1. The zero-order valence-corrected chi connectivity index (χ0v) is 14.1. The van der Waals surface area contributed by atoms with Crippen molar-refractivity contribution in [2.45, 2.75) is 78.6 Å². The number of carbonyl (C=O) groups is 1. The maximum atomic E-state index is 11.5. The molecule has 0 amide bonds. The molecular weight excluding hydrogens is 260 g/mol. The summed E-state index contributed by atoms with van der Waals surface area (Å²) in [6, 6.07) is 0. The van der Waals surface area contributed by atoms with Gasteiger partial charge in [0.25, 0.3) is 0 Å². The van der Waals surface area contributed by atoms with Gasteiger partial charge in [0.05, 0.1) is 5.70 Å². The number of nitrogens with zero attached hydrogens (tertiary/aromatic N) is 1. The number of aliphatic imine (C=N–C) groups is 1. The SMILES string of the molecule is CCCC(CCC)CCN=C1CCCC/C1=C(/N)C(C)=O. The van der Waals surface area contributed by atoms with E-state index in [0.29, 0.717) is 5.70 Å². The molecule has 0 heterocycles. The van der Waals surface area contributed by atoms with Gasteiger partial charge in [-0.1, -0.05) is 39.5 Å². The molecule has 0 aromatic heterocycles. The van der Waals surface area contributed by atoms with E-state index in [1.807, 2.05) is 0 Å². The van der Waals surface area contributed by atoms with E-state index in [1.165, 1.54) is 38.5 Å². The Morgan fingerprint density at radius 1 is 1.14 bits per heavy atom. The van der Waals surface area contributed by atoms with Crippen LogP contribution >= 0.6 is 0 Å². The highest BCUT2D eigenvalue weighted by Crippen LogP contribution is 2.24. The monoisotopic (exact) mass is 292 g/mol. The van der Waals surface area contributed by atoms with Crippen LogP contribution in [0.5, 0.6) is 0 Å². The molecule has 120 valence electrons. The summed E-state index contributed by atoms with van der Waals surface area (Å²) in [5.41, 5.74) is 8.52. The Hall–Kier alpha value is -1.12. The van der Waals surface area contributed by atoms with Crippen LogP contribution in [-0.2, 0) is 4.79 Å². The van der Waals surface area contributed by atoms with E-state index in [4.69, 9.17) is 10.7 Å². The van der Waals surface area contributed by atoms with Crippen molar-refractivity contribution < 1.29 is 4.79 Å². The second-order valence-electron chi connectivity index (χ2n) is 6.22. The largest absolute Gasteiger partial charge is 0.396 e. The Morgan fingerprint density at radius 3 is 2.33 bits per heavy atom. The second kappa shape index (κ2) is 9.75. The summed E-state index contributed by atoms with van der Waals surface area (Å²) >= 11 is 0. The third-order valence-electron chi connectivity index (χ3n) is 4.38. The van der Waals surface area contributed by atoms with Gasteiger partial charge in [0.1, 0.15) is 0 Å². The first kappa shape index (κ1) is 17.9. The number of hydrogen-bond donors (Lipinski definition) is 1. The molecule has 0 radical (unpaired) electrons. The summed E-state index contributed by atoms with van der Waals surface area (Å²) in [5.74, 6) is 0.778. The molecule has 0 aromatic carbocycles. The molecule has 3 nitrogen and oxygen atoms in total. The Balaban J connectivity index is 2.67. The fraction of sp³-hybridized carbons (Fsp3) is 0.778. The predicted molar refractivity (Wildman–Crippen MR) is 90.6 cm³/mol. The number of ketones is 1. The zero-order chi connectivity index (χ0) is 15.7. The summed E-state index contributed by atoms with van der Waals surface area (Å²) in [6.07, 6.45) is 10.5.